The van der Waals surface area contributed by atoms with Crippen molar-refractivity contribution in [2.75, 3.05) is 10.2 Å². The van der Waals surface area contributed by atoms with Crippen LogP contribution in [0.25, 0.3) is 6.08 Å². The molecule has 0 aromatic heterocycles. The molecule has 7 heteroatoms. The molecule has 6 rings (SSSR count). The average molecular weight is 495 g/mol. The van der Waals surface area contributed by atoms with E-state index in [9.17, 15) is 23.6 Å². The molecule has 0 saturated carbocycles. The molecule has 1 spiro atoms. The fraction of sp³-hybridized carbons (Fsp3) is 0.200. The zero-order valence-corrected chi connectivity index (χ0v) is 20.2. The highest BCUT2D eigenvalue weighted by molar-refractivity contribution is 6.32. The van der Waals surface area contributed by atoms with Crippen molar-refractivity contribution in [2.24, 2.45) is 5.41 Å². The lowest BCUT2D eigenvalue weighted by molar-refractivity contribution is -0.118. The van der Waals surface area contributed by atoms with Crippen LogP contribution in [0.1, 0.15) is 51.6 Å². The van der Waals surface area contributed by atoms with Crippen LogP contribution in [0.4, 0.5) is 15.8 Å². The molecule has 1 amide bonds. The van der Waals surface area contributed by atoms with Gasteiger partial charge in [0.2, 0.25) is 5.91 Å². The third-order valence-corrected chi connectivity index (χ3v) is 7.80. The number of hydrogen-bond acceptors (Lipinski definition) is 5. The summed E-state index contributed by atoms with van der Waals surface area (Å²) in [5.74, 6) is -2.46. The van der Waals surface area contributed by atoms with Gasteiger partial charge in [-0.2, -0.15) is 0 Å². The van der Waals surface area contributed by atoms with Gasteiger partial charge in [0, 0.05) is 35.2 Å². The number of nitrogens with zero attached hydrogens (tertiary/aromatic N) is 1. The summed E-state index contributed by atoms with van der Waals surface area (Å²) in [7, 11) is 0. The van der Waals surface area contributed by atoms with E-state index >= 15 is 0 Å². The third-order valence-electron chi connectivity index (χ3n) is 7.80. The van der Waals surface area contributed by atoms with E-state index in [2.05, 4.69) is 5.32 Å². The standard InChI is InChI=1S/C30H23FN2O4/c1-16(34)27-26(18-10-12-19(31)13-11-18)30(28(36)20-6-3-4-7-21(20)29(30)37)25-15-14-22-23(32-17(2)35)8-5-9-24(22)33(25)27/h3-15,25-27H,1-2H3,(H,32,35)/t25?,26-,27-/m0/s1. The average Bonchev–Trinajstić information content (AvgIpc) is 3.31. The van der Waals surface area contributed by atoms with Crippen LogP contribution in [0.15, 0.2) is 72.8 Å². The van der Waals surface area contributed by atoms with Crippen molar-refractivity contribution in [3.63, 3.8) is 0 Å². The number of Topliss-reactive ketones (excluding diaryl/α,β-unsaturated/α-hetero) is 3. The van der Waals surface area contributed by atoms with Gasteiger partial charge in [-0.15, -0.1) is 0 Å². The maximum atomic E-state index is 14.3. The second kappa shape index (κ2) is 8.06. The van der Waals surface area contributed by atoms with Crippen molar-refractivity contribution in [1.82, 2.24) is 0 Å². The first-order chi connectivity index (χ1) is 17.8. The molecule has 1 N–H and O–H groups in total. The molecule has 37 heavy (non-hydrogen) atoms. The first kappa shape index (κ1) is 23.0. The molecule has 2 heterocycles. The molecule has 6 nitrogen and oxygen atoms in total. The molecule has 1 unspecified atom stereocenters. The summed E-state index contributed by atoms with van der Waals surface area (Å²) in [5.41, 5.74) is 1.47. The van der Waals surface area contributed by atoms with Gasteiger partial charge in [-0.25, -0.2) is 4.39 Å². The van der Waals surface area contributed by atoms with Gasteiger partial charge in [-0.05, 0) is 36.8 Å². The van der Waals surface area contributed by atoms with Crippen molar-refractivity contribution in [3.05, 3.63) is 101 Å². The number of anilines is 2. The van der Waals surface area contributed by atoms with Gasteiger partial charge in [0.1, 0.15) is 11.2 Å². The molecule has 1 fully saturated rings. The Morgan fingerprint density at radius 3 is 2.14 bits per heavy atom. The Labute approximate surface area is 212 Å². The van der Waals surface area contributed by atoms with E-state index in [1.165, 1.54) is 26.0 Å². The number of fused-ring (bicyclic) bond motifs is 5. The number of hydrogen-bond donors (Lipinski definition) is 1. The minimum Gasteiger partial charge on any atom is -0.352 e. The zero-order valence-electron chi connectivity index (χ0n) is 20.2. The SMILES string of the molecule is CC(=O)Nc1cccc2c1C=CC1N2[C@@H](C(C)=O)[C@H](c2ccc(F)cc2)C12C(=O)c1ccccc1C2=O. The molecule has 1 saturated heterocycles. The molecule has 184 valence electrons. The predicted octanol–water partition coefficient (Wildman–Crippen LogP) is 4.81. The smallest absolute Gasteiger partial charge is 0.221 e. The van der Waals surface area contributed by atoms with Crippen LogP contribution in [0.5, 0.6) is 0 Å². The second-order valence-electron chi connectivity index (χ2n) is 9.79. The largest absolute Gasteiger partial charge is 0.352 e. The van der Waals surface area contributed by atoms with Crippen LogP contribution in [0, 0.1) is 11.2 Å². The maximum absolute atomic E-state index is 14.3. The fourth-order valence-electron chi connectivity index (χ4n) is 6.49. The van der Waals surface area contributed by atoms with Gasteiger partial charge in [-0.3, -0.25) is 19.2 Å². The number of carbonyl (C=O) groups excluding carboxylic acids is 4. The lowest BCUT2D eigenvalue weighted by Gasteiger charge is -2.37. The Morgan fingerprint density at radius 2 is 1.54 bits per heavy atom. The van der Waals surface area contributed by atoms with Crippen LogP contribution in [-0.4, -0.2) is 35.3 Å². The van der Waals surface area contributed by atoms with Gasteiger partial charge >= 0.3 is 0 Å². The van der Waals surface area contributed by atoms with Crippen molar-refractivity contribution < 1.29 is 23.6 Å². The number of ketones is 3. The van der Waals surface area contributed by atoms with Gasteiger partial charge in [-0.1, -0.05) is 54.6 Å². The van der Waals surface area contributed by atoms with Crippen molar-refractivity contribution in [2.45, 2.75) is 31.8 Å². The lowest BCUT2D eigenvalue weighted by atomic mass is 9.64. The molecule has 0 bridgehead atoms. The summed E-state index contributed by atoms with van der Waals surface area (Å²) in [6, 6.07) is 16.1. The summed E-state index contributed by atoms with van der Waals surface area (Å²) >= 11 is 0. The summed E-state index contributed by atoms with van der Waals surface area (Å²) < 4.78 is 14.0. The highest BCUT2D eigenvalue weighted by Gasteiger charge is 2.71. The van der Waals surface area contributed by atoms with Crippen LogP contribution >= 0.6 is 0 Å². The third kappa shape index (κ3) is 3.03. The monoisotopic (exact) mass is 494 g/mol. The van der Waals surface area contributed by atoms with E-state index in [1.807, 2.05) is 11.0 Å². The Bertz CT molecular complexity index is 1510. The number of benzene rings is 3. The van der Waals surface area contributed by atoms with Crippen molar-refractivity contribution in [3.8, 4) is 0 Å². The molecule has 3 aromatic carbocycles. The number of rotatable bonds is 3. The van der Waals surface area contributed by atoms with Crippen LogP contribution < -0.4 is 10.2 Å². The topological polar surface area (TPSA) is 83.6 Å². The van der Waals surface area contributed by atoms with E-state index in [0.717, 1.165) is 0 Å². The van der Waals surface area contributed by atoms with Gasteiger partial charge in [0.05, 0.1) is 17.8 Å². The summed E-state index contributed by atoms with van der Waals surface area (Å²) in [4.78, 5) is 55.7. The van der Waals surface area contributed by atoms with Crippen molar-refractivity contribution in [1.29, 1.82) is 0 Å². The van der Waals surface area contributed by atoms with Crippen LogP contribution in [0.2, 0.25) is 0 Å². The molecular formula is C30H23FN2O4. The Hall–Kier alpha value is -4.39. The maximum Gasteiger partial charge on any atom is 0.221 e. The Kier molecular flexibility index (Phi) is 5.02. The first-order valence-electron chi connectivity index (χ1n) is 12.1. The second-order valence-corrected chi connectivity index (χ2v) is 9.79. The minimum absolute atomic E-state index is 0.223. The molecule has 3 aliphatic rings. The van der Waals surface area contributed by atoms with E-state index in [0.29, 0.717) is 33.6 Å². The highest BCUT2D eigenvalue weighted by Crippen LogP contribution is 2.61. The predicted molar refractivity (Wildman–Crippen MR) is 137 cm³/mol. The zero-order chi connectivity index (χ0) is 26.1. The van der Waals surface area contributed by atoms with Crippen molar-refractivity contribution >= 4 is 40.7 Å². The van der Waals surface area contributed by atoms with E-state index < -0.39 is 29.2 Å². The van der Waals surface area contributed by atoms with E-state index in [-0.39, 0.29) is 23.3 Å². The molecule has 3 aromatic rings. The summed E-state index contributed by atoms with van der Waals surface area (Å²) in [6.07, 6.45) is 3.59. The van der Waals surface area contributed by atoms with E-state index in [4.69, 9.17) is 0 Å². The van der Waals surface area contributed by atoms with Gasteiger partial charge in [0.25, 0.3) is 0 Å². The highest BCUT2D eigenvalue weighted by atomic mass is 19.1. The Balaban J connectivity index is 1.65. The lowest BCUT2D eigenvalue weighted by Crippen LogP contribution is -2.48. The fourth-order valence-corrected chi connectivity index (χ4v) is 6.49. The van der Waals surface area contributed by atoms with E-state index in [1.54, 1.807) is 60.7 Å². The minimum atomic E-state index is -1.62. The Morgan fingerprint density at radius 1 is 0.892 bits per heavy atom. The van der Waals surface area contributed by atoms with Gasteiger partial charge < -0.3 is 10.2 Å². The normalized spacial score (nSPS) is 22.6. The molecule has 1 aliphatic carbocycles. The molecule has 3 atom stereocenters. The molecule has 0 radical (unpaired) electrons. The number of carbonyl (C=O) groups is 4. The van der Waals surface area contributed by atoms with Gasteiger partial charge in [0.15, 0.2) is 17.3 Å². The quantitative estimate of drug-likeness (QED) is 0.529. The molecular weight excluding hydrogens is 471 g/mol. The summed E-state index contributed by atoms with van der Waals surface area (Å²) in [6.45, 7) is 2.86. The number of halogens is 1. The summed E-state index contributed by atoms with van der Waals surface area (Å²) in [5, 5.41) is 2.82. The molecule has 2 aliphatic heterocycles. The number of amides is 1. The van der Waals surface area contributed by atoms with Crippen LogP contribution in [0.3, 0.4) is 0 Å². The number of nitrogens with one attached hydrogen (secondary N) is 1. The first-order valence-corrected chi connectivity index (χ1v) is 12.1. The van der Waals surface area contributed by atoms with Crippen LogP contribution in [-0.2, 0) is 9.59 Å².